The molecule has 0 spiro atoms. The second-order valence-electron chi connectivity index (χ2n) is 1.30. The van der Waals surface area contributed by atoms with Crippen molar-refractivity contribution in [2.75, 3.05) is 12.8 Å². The highest BCUT2D eigenvalue weighted by atomic mass is 32.2. The number of aliphatic hydroxyl groups is 1. The molecule has 0 rings (SSSR count). The first-order chi connectivity index (χ1) is 3.56. The van der Waals surface area contributed by atoms with Gasteiger partial charge >= 0.3 is 0 Å². The van der Waals surface area contributed by atoms with E-state index < -0.39 is 10.0 Å². The molecule has 0 aromatic rings. The Morgan fingerprint density at radius 2 is 2.25 bits per heavy atom. The maximum Gasteiger partial charge on any atom is 0.208 e. The van der Waals surface area contributed by atoms with Crippen LogP contribution in [0.1, 0.15) is 0 Å². The monoisotopic (exact) mass is 138 g/mol. The maximum absolute atomic E-state index is 10.1. The van der Waals surface area contributed by atoms with E-state index in [0.29, 0.717) is 0 Å². The van der Waals surface area contributed by atoms with Crippen LogP contribution >= 0.6 is 0 Å². The molecule has 5 heteroatoms. The first-order valence-electron chi connectivity index (χ1n) is 1.97. The number of hydrogen-bond acceptors (Lipinski definition) is 3. The van der Waals surface area contributed by atoms with Gasteiger partial charge in [-0.25, -0.2) is 13.1 Å². The molecule has 8 heavy (non-hydrogen) atoms. The smallest absolute Gasteiger partial charge is 0.208 e. The summed E-state index contributed by atoms with van der Waals surface area (Å²) in [6.07, 6.45) is 1.02. The van der Waals surface area contributed by atoms with Crippen LogP contribution in [0.4, 0.5) is 0 Å². The van der Waals surface area contributed by atoms with Gasteiger partial charge in [-0.3, -0.25) is 0 Å². The van der Waals surface area contributed by atoms with Crippen LogP contribution in [0.3, 0.4) is 0 Å². The quantitative estimate of drug-likeness (QED) is 0.529. The second kappa shape index (κ2) is 3.01. The number of nitrogens with one attached hydrogen (secondary N) is 1. The summed E-state index contributed by atoms with van der Waals surface area (Å²) >= 11 is 0. The molecule has 0 unspecified atom stereocenters. The normalized spacial score (nSPS) is 11.8. The summed E-state index contributed by atoms with van der Waals surface area (Å²) in [5.41, 5.74) is 0. The highest BCUT2D eigenvalue weighted by molar-refractivity contribution is 7.88. The number of rotatable bonds is 3. The molecule has 0 atom stereocenters. The van der Waals surface area contributed by atoms with Gasteiger partial charge < -0.3 is 5.11 Å². The molecule has 0 saturated carbocycles. The van der Waals surface area contributed by atoms with Crippen LogP contribution in [0.25, 0.3) is 0 Å². The lowest BCUT2D eigenvalue weighted by molar-refractivity contribution is 0.385. The zero-order valence-corrected chi connectivity index (χ0v) is 5.27. The second-order valence-corrected chi connectivity index (χ2v) is 3.14. The summed E-state index contributed by atoms with van der Waals surface area (Å²) in [4.78, 5) is 0. The summed E-state index contributed by atoms with van der Waals surface area (Å²) in [7, 11) is -3.13. The lowest BCUT2D eigenvalue weighted by atomic mass is 10.8. The summed E-state index contributed by atoms with van der Waals surface area (Å²) < 4.78 is 22.3. The fraction of sp³-hybridized carbons (Fsp3) is 0.667. The SMILES string of the molecule is CS(=O)(=O)NC[CH]O. The van der Waals surface area contributed by atoms with Crippen LogP contribution in [0.2, 0.25) is 0 Å². The Morgan fingerprint density at radius 1 is 1.75 bits per heavy atom. The lowest BCUT2D eigenvalue weighted by Crippen LogP contribution is -2.22. The summed E-state index contributed by atoms with van der Waals surface area (Å²) in [6, 6.07) is 0. The Balaban J connectivity index is 3.42. The molecule has 0 aliphatic rings. The molecule has 0 saturated heterocycles. The molecule has 0 heterocycles. The van der Waals surface area contributed by atoms with Gasteiger partial charge in [-0.2, -0.15) is 0 Å². The van der Waals surface area contributed by atoms with Crippen LogP contribution in [0, 0.1) is 6.61 Å². The predicted molar refractivity (Wildman–Crippen MR) is 29.1 cm³/mol. The first-order valence-corrected chi connectivity index (χ1v) is 3.86. The Hall–Kier alpha value is -0.130. The van der Waals surface area contributed by atoms with Gasteiger partial charge in [0.15, 0.2) is 0 Å². The molecular weight excluding hydrogens is 130 g/mol. The van der Waals surface area contributed by atoms with Gasteiger partial charge in [0, 0.05) is 6.54 Å². The van der Waals surface area contributed by atoms with Gasteiger partial charge in [-0.15, -0.1) is 0 Å². The minimum Gasteiger partial charge on any atom is -0.389 e. The molecule has 0 aliphatic carbocycles. The first kappa shape index (κ1) is 7.87. The maximum atomic E-state index is 10.1. The van der Waals surface area contributed by atoms with Crippen molar-refractivity contribution in [1.29, 1.82) is 0 Å². The van der Waals surface area contributed by atoms with Crippen LogP contribution < -0.4 is 4.72 Å². The van der Waals surface area contributed by atoms with Gasteiger partial charge in [0.2, 0.25) is 10.0 Å². The van der Waals surface area contributed by atoms with Crippen molar-refractivity contribution in [3.05, 3.63) is 6.61 Å². The van der Waals surface area contributed by atoms with E-state index in [1.807, 2.05) is 4.72 Å². The summed E-state index contributed by atoms with van der Waals surface area (Å²) in [5, 5.41) is 7.98. The van der Waals surface area contributed by atoms with Crippen molar-refractivity contribution in [2.45, 2.75) is 0 Å². The molecule has 49 valence electrons. The molecule has 0 bridgehead atoms. The van der Waals surface area contributed by atoms with Crippen molar-refractivity contribution in [2.24, 2.45) is 0 Å². The van der Waals surface area contributed by atoms with E-state index in [-0.39, 0.29) is 6.54 Å². The fourth-order valence-electron chi connectivity index (χ4n) is 0.189. The average molecular weight is 138 g/mol. The minimum atomic E-state index is -3.13. The van der Waals surface area contributed by atoms with E-state index >= 15 is 0 Å². The molecule has 0 aromatic carbocycles. The van der Waals surface area contributed by atoms with Crippen molar-refractivity contribution in [3.8, 4) is 0 Å². The van der Waals surface area contributed by atoms with E-state index in [9.17, 15) is 8.42 Å². The molecule has 4 nitrogen and oxygen atoms in total. The topological polar surface area (TPSA) is 66.4 Å². The van der Waals surface area contributed by atoms with Gasteiger partial charge in [-0.05, 0) is 0 Å². The highest BCUT2D eigenvalue weighted by Gasteiger charge is 1.95. The van der Waals surface area contributed by atoms with Crippen LogP contribution in [0.15, 0.2) is 0 Å². The van der Waals surface area contributed by atoms with Gasteiger partial charge in [0.25, 0.3) is 0 Å². The van der Waals surface area contributed by atoms with Crippen molar-refractivity contribution in [3.63, 3.8) is 0 Å². The Bertz CT molecular complexity index is 139. The van der Waals surface area contributed by atoms with E-state index in [4.69, 9.17) is 5.11 Å². The average Bonchev–Trinajstić information content (AvgIpc) is 1.59. The van der Waals surface area contributed by atoms with Gasteiger partial charge in [0.1, 0.15) is 0 Å². The Morgan fingerprint density at radius 3 is 2.38 bits per heavy atom. The zero-order chi connectivity index (χ0) is 6.62. The molecule has 0 aromatic heterocycles. The molecular formula is C3H8NO3S. The van der Waals surface area contributed by atoms with E-state index in [1.165, 1.54) is 0 Å². The van der Waals surface area contributed by atoms with E-state index in [0.717, 1.165) is 12.9 Å². The third-order valence-corrected chi connectivity index (χ3v) is 1.13. The molecule has 2 N–H and O–H groups in total. The fourth-order valence-corrected chi connectivity index (χ4v) is 0.566. The lowest BCUT2D eigenvalue weighted by Gasteiger charge is -1.94. The third-order valence-electron chi connectivity index (χ3n) is 0.437. The predicted octanol–water partition coefficient (Wildman–Crippen LogP) is -0.930. The standard InChI is InChI=1S/C3H8NO3S/c1-8(6,7)4-2-3-5/h3-5H,2H2,1H3. The minimum absolute atomic E-state index is 0.0289. The van der Waals surface area contributed by atoms with E-state index in [1.54, 1.807) is 0 Å². The molecule has 0 aliphatic heterocycles. The highest BCUT2D eigenvalue weighted by Crippen LogP contribution is 1.71. The van der Waals surface area contributed by atoms with Crippen LogP contribution in [-0.4, -0.2) is 26.3 Å². The van der Waals surface area contributed by atoms with Crippen LogP contribution in [-0.2, 0) is 10.0 Å². The van der Waals surface area contributed by atoms with Crippen molar-refractivity contribution < 1.29 is 13.5 Å². The number of hydrogen-bond donors (Lipinski definition) is 2. The van der Waals surface area contributed by atoms with Crippen molar-refractivity contribution in [1.82, 2.24) is 4.72 Å². The van der Waals surface area contributed by atoms with Gasteiger partial charge in [-0.1, -0.05) is 0 Å². The summed E-state index contributed by atoms with van der Waals surface area (Å²) in [6.45, 7) is 0.708. The number of sulfonamides is 1. The van der Waals surface area contributed by atoms with Crippen molar-refractivity contribution >= 4 is 10.0 Å². The van der Waals surface area contributed by atoms with Crippen LogP contribution in [0.5, 0.6) is 0 Å². The molecule has 0 fully saturated rings. The third kappa shape index (κ3) is 5.87. The molecule has 0 amide bonds. The summed E-state index contributed by atoms with van der Waals surface area (Å²) in [5.74, 6) is 0. The molecule has 1 radical (unpaired) electrons. The number of aliphatic hydroxyl groups excluding tert-OH is 1. The zero-order valence-electron chi connectivity index (χ0n) is 4.46. The Kier molecular flexibility index (Phi) is 2.96. The van der Waals surface area contributed by atoms with E-state index in [2.05, 4.69) is 0 Å². The Labute approximate surface area is 48.6 Å². The van der Waals surface area contributed by atoms with Gasteiger partial charge in [0.05, 0.1) is 12.9 Å². The largest absolute Gasteiger partial charge is 0.389 e.